The van der Waals surface area contributed by atoms with Crippen molar-refractivity contribution < 1.29 is 19.0 Å². The Morgan fingerprint density at radius 3 is 2.56 bits per heavy atom. The molecule has 1 aliphatic carbocycles. The van der Waals surface area contributed by atoms with Crippen molar-refractivity contribution >= 4 is 5.97 Å². The molecule has 2 rings (SSSR count). The Hall–Kier alpha value is -1.58. The minimum atomic E-state index is -1.07. The van der Waals surface area contributed by atoms with Gasteiger partial charge in [-0.3, -0.25) is 4.79 Å². The first-order chi connectivity index (χ1) is 7.51. The van der Waals surface area contributed by atoms with Crippen LogP contribution in [0.15, 0.2) is 12.1 Å². The molecular weight excluding hydrogens is 211 g/mol. The van der Waals surface area contributed by atoms with Gasteiger partial charge in [0, 0.05) is 5.56 Å². The SMILES string of the molecule is COc1cc(C)cc(F)c1C1(C(=O)O)CC1. The predicted molar refractivity (Wildman–Crippen MR) is 56.2 cm³/mol. The number of ether oxygens (including phenoxy) is 1. The van der Waals surface area contributed by atoms with E-state index < -0.39 is 17.2 Å². The van der Waals surface area contributed by atoms with E-state index in [0.29, 0.717) is 18.6 Å². The van der Waals surface area contributed by atoms with E-state index in [2.05, 4.69) is 0 Å². The summed E-state index contributed by atoms with van der Waals surface area (Å²) < 4.78 is 18.9. The first-order valence-corrected chi connectivity index (χ1v) is 5.09. The minimum absolute atomic E-state index is 0.188. The number of carbonyl (C=O) groups is 1. The molecule has 0 aromatic heterocycles. The number of hydrogen-bond acceptors (Lipinski definition) is 2. The lowest BCUT2D eigenvalue weighted by molar-refractivity contribution is -0.140. The van der Waals surface area contributed by atoms with Gasteiger partial charge in [0.2, 0.25) is 0 Å². The molecule has 1 aromatic rings. The summed E-state index contributed by atoms with van der Waals surface area (Å²) in [5.41, 5.74) is -0.157. The standard InChI is InChI=1S/C12H13FO3/c1-7-5-8(13)10(9(6-7)16-2)12(3-4-12)11(14)15/h5-6H,3-4H2,1-2H3,(H,14,15). The third-order valence-electron chi connectivity index (χ3n) is 3.06. The lowest BCUT2D eigenvalue weighted by Gasteiger charge is -2.16. The first-order valence-electron chi connectivity index (χ1n) is 5.09. The molecule has 0 radical (unpaired) electrons. The summed E-state index contributed by atoms with van der Waals surface area (Å²) in [7, 11) is 1.43. The fraction of sp³-hybridized carbons (Fsp3) is 0.417. The fourth-order valence-electron chi connectivity index (χ4n) is 2.03. The molecule has 1 aliphatic rings. The molecule has 3 nitrogen and oxygen atoms in total. The normalized spacial score (nSPS) is 16.9. The van der Waals surface area contributed by atoms with Crippen LogP contribution in [0.3, 0.4) is 0 Å². The average Bonchev–Trinajstić information content (AvgIpc) is 2.97. The van der Waals surface area contributed by atoms with E-state index in [1.807, 2.05) is 0 Å². The van der Waals surface area contributed by atoms with Crippen LogP contribution < -0.4 is 4.74 Å². The lowest BCUT2D eigenvalue weighted by atomic mass is 9.93. The highest BCUT2D eigenvalue weighted by Gasteiger charge is 2.55. The predicted octanol–water partition coefficient (Wildman–Crippen LogP) is 2.26. The number of methoxy groups -OCH3 is 1. The molecule has 0 unspecified atom stereocenters. The minimum Gasteiger partial charge on any atom is -0.496 e. The van der Waals surface area contributed by atoms with Crippen molar-refractivity contribution in [2.45, 2.75) is 25.2 Å². The molecule has 16 heavy (non-hydrogen) atoms. The van der Waals surface area contributed by atoms with E-state index in [1.54, 1.807) is 13.0 Å². The van der Waals surface area contributed by atoms with Crippen molar-refractivity contribution in [3.8, 4) is 5.75 Å². The molecule has 1 saturated carbocycles. The van der Waals surface area contributed by atoms with E-state index in [-0.39, 0.29) is 5.56 Å². The van der Waals surface area contributed by atoms with Gasteiger partial charge in [-0.2, -0.15) is 0 Å². The summed E-state index contributed by atoms with van der Waals surface area (Å²) >= 11 is 0. The van der Waals surface area contributed by atoms with Gasteiger partial charge in [0.1, 0.15) is 11.6 Å². The van der Waals surface area contributed by atoms with Crippen LogP contribution in [0.5, 0.6) is 5.75 Å². The maximum absolute atomic E-state index is 13.9. The van der Waals surface area contributed by atoms with Crippen molar-refractivity contribution in [1.29, 1.82) is 0 Å². The van der Waals surface area contributed by atoms with Crippen LogP contribution in [0.1, 0.15) is 24.0 Å². The summed E-state index contributed by atoms with van der Waals surface area (Å²) in [6.07, 6.45) is 0.942. The van der Waals surface area contributed by atoms with Crippen LogP contribution in [0.4, 0.5) is 4.39 Å². The van der Waals surface area contributed by atoms with Gasteiger partial charge in [0.05, 0.1) is 12.5 Å². The van der Waals surface area contributed by atoms with Gasteiger partial charge in [-0.05, 0) is 37.5 Å². The third-order valence-corrected chi connectivity index (χ3v) is 3.06. The van der Waals surface area contributed by atoms with E-state index >= 15 is 0 Å². The van der Waals surface area contributed by atoms with Gasteiger partial charge < -0.3 is 9.84 Å². The average molecular weight is 224 g/mol. The fourth-order valence-corrected chi connectivity index (χ4v) is 2.03. The topological polar surface area (TPSA) is 46.5 Å². The molecule has 0 aliphatic heterocycles. The van der Waals surface area contributed by atoms with E-state index in [9.17, 15) is 9.18 Å². The Morgan fingerprint density at radius 1 is 1.50 bits per heavy atom. The number of carboxylic acid groups (broad SMARTS) is 1. The van der Waals surface area contributed by atoms with Gasteiger partial charge in [0.25, 0.3) is 0 Å². The molecule has 0 spiro atoms. The maximum atomic E-state index is 13.9. The van der Waals surface area contributed by atoms with E-state index in [1.165, 1.54) is 13.2 Å². The van der Waals surface area contributed by atoms with Crippen LogP contribution >= 0.6 is 0 Å². The monoisotopic (exact) mass is 224 g/mol. The Balaban J connectivity index is 2.60. The quantitative estimate of drug-likeness (QED) is 0.856. The molecule has 0 heterocycles. The zero-order chi connectivity index (χ0) is 11.9. The largest absolute Gasteiger partial charge is 0.496 e. The van der Waals surface area contributed by atoms with Crippen molar-refractivity contribution in [2.24, 2.45) is 0 Å². The Kier molecular flexibility index (Phi) is 2.37. The van der Waals surface area contributed by atoms with Gasteiger partial charge in [-0.15, -0.1) is 0 Å². The Labute approximate surface area is 92.9 Å². The number of aryl methyl sites for hydroxylation is 1. The number of carboxylic acids is 1. The highest BCUT2D eigenvalue weighted by molar-refractivity contribution is 5.86. The van der Waals surface area contributed by atoms with E-state index in [4.69, 9.17) is 9.84 Å². The van der Waals surface area contributed by atoms with Crippen LogP contribution in [0.25, 0.3) is 0 Å². The number of benzene rings is 1. The summed E-state index contributed by atoms with van der Waals surface area (Å²) in [6.45, 7) is 1.75. The molecule has 4 heteroatoms. The van der Waals surface area contributed by atoms with Gasteiger partial charge in [-0.1, -0.05) is 0 Å². The number of rotatable bonds is 3. The Morgan fingerprint density at radius 2 is 2.12 bits per heavy atom. The van der Waals surface area contributed by atoms with E-state index in [0.717, 1.165) is 5.56 Å². The highest BCUT2D eigenvalue weighted by Crippen LogP contribution is 2.52. The van der Waals surface area contributed by atoms with Gasteiger partial charge in [0.15, 0.2) is 0 Å². The second-order valence-electron chi connectivity index (χ2n) is 4.21. The molecule has 1 fully saturated rings. The van der Waals surface area contributed by atoms with Gasteiger partial charge in [-0.25, -0.2) is 4.39 Å². The molecule has 86 valence electrons. The summed E-state index contributed by atoms with van der Waals surface area (Å²) in [5, 5.41) is 9.15. The second-order valence-corrected chi connectivity index (χ2v) is 4.21. The molecule has 1 N–H and O–H groups in total. The highest BCUT2D eigenvalue weighted by atomic mass is 19.1. The number of halogens is 1. The summed E-state index contributed by atoms with van der Waals surface area (Å²) in [4.78, 5) is 11.2. The lowest BCUT2D eigenvalue weighted by Crippen LogP contribution is -2.22. The molecular formula is C12H13FO3. The maximum Gasteiger partial charge on any atom is 0.314 e. The van der Waals surface area contributed by atoms with Crippen LogP contribution in [0.2, 0.25) is 0 Å². The number of hydrogen-bond donors (Lipinski definition) is 1. The van der Waals surface area contributed by atoms with Crippen LogP contribution in [0, 0.1) is 12.7 Å². The summed E-state index contributed by atoms with van der Waals surface area (Å²) in [5.74, 6) is -1.14. The zero-order valence-electron chi connectivity index (χ0n) is 9.21. The summed E-state index contributed by atoms with van der Waals surface area (Å²) in [6, 6.07) is 3.02. The number of aliphatic carboxylic acids is 1. The van der Waals surface area contributed by atoms with Gasteiger partial charge >= 0.3 is 5.97 Å². The first kappa shape index (κ1) is 10.9. The molecule has 1 aromatic carbocycles. The molecule has 0 saturated heterocycles. The van der Waals surface area contributed by atoms with Crippen molar-refractivity contribution in [1.82, 2.24) is 0 Å². The van der Waals surface area contributed by atoms with Crippen molar-refractivity contribution in [3.63, 3.8) is 0 Å². The zero-order valence-corrected chi connectivity index (χ0v) is 9.21. The second kappa shape index (κ2) is 3.47. The molecule has 0 bridgehead atoms. The third kappa shape index (κ3) is 1.45. The molecule has 0 atom stereocenters. The van der Waals surface area contributed by atoms with Crippen LogP contribution in [-0.2, 0) is 10.2 Å². The van der Waals surface area contributed by atoms with Crippen molar-refractivity contribution in [3.05, 3.63) is 29.1 Å². The Bertz CT molecular complexity index is 450. The van der Waals surface area contributed by atoms with Crippen molar-refractivity contribution in [2.75, 3.05) is 7.11 Å². The smallest absolute Gasteiger partial charge is 0.314 e. The van der Waals surface area contributed by atoms with Crippen LogP contribution in [-0.4, -0.2) is 18.2 Å². The molecule has 0 amide bonds.